The highest BCUT2D eigenvalue weighted by Gasteiger charge is 2.11. The van der Waals surface area contributed by atoms with Gasteiger partial charge in [-0.2, -0.15) is 0 Å². The molecule has 5 heteroatoms. The molecule has 0 bridgehead atoms. The van der Waals surface area contributed by atoms with E-state index in [2.05, 4.69) is 9.79 Å². The van der Waals surface area contributed by atoms with Gasteiger partial charge in [-0.1, -0.05) is 0 Å². The van der Waals surface area contributed by atoms with Crippen LogP contribution in [0.1, 0.15) is 11.4 Å². The van der Waals surface area contributed by atoms with Gasteiger partial charge >= 0.3 is 0 Å². The van der Waals surface area contributed by atoms with E-state index in [4.69, 9.17) is 5.11 Å². The third-order valence-electron chi connectivity index (χ3n) is 1.04. The highest BCUT2D eigenvalue weighted by Crippen LogP contribution is 1.95. The van der Waals surface area contributed by atoms with E-state index in [1.807, 2.05) is 0 Å². The third-order valence-corrected chi connectivity index (χ3v) is 1.04. The van der Waals surface area contributed by atoms with Gasteiger partial charge in [0.2, 0.25) is 11.4 Å². The van der Waals surface area contributed by atoms with Gasteiger partial charge in [-0.25, -0.2) is 0 Å². The minimum atomic E-state index is -0.334. The molecule has 9 heavy (non-hydrogen) atoms. The first-order chi connectivity index (χ1) is 4.25. The number of hydrogen-bond donors (Lipinski definition) is 1. The molecular weight excluding hydrogens is 124 g/mol. The van der Waals surface area contributed by atoms with Crippen LogP contribution in [0.5, 0.6) is 0 Å². The second-order valence-corrected chi connectivity index (χ2v) is 1.62. The molecule has 0 fully saturated rings. The van der Waals surface area contributed by atoms with Gasteiger partial charge in [-0.3, -0.25) is 4.63 Å². The Labute approximate surface area is 51.1 Å². The zero-order chi connectivity index (χ0) is 6.85. The lowest BCUT2D eigenvalue weighted by Gasteiger charge is -1.87. The fourth-order valence-electron chi connectivity index (χ4n) is 0.505. The van der Waals surface area contributed by atoms with Gasteiger partial charge in [-0.15, -0.1) is 0 Å². The number of aliphatic hydroxyl groups is 1. The van der Waals surface area contributed by atoms with Crippen molar-refractivity contribution in [2.75, 3.05) is 0 Å². The number of aromatic nitrogens is 2. The molecule has 1 N–H and O–H groups in total. The van der Waals surface area contributed by atoms with Crippen LogP contribution in [0.4, 0.5) is 0 Å². The van der Waals surface area contributed by atoms with E-state index >= 15 is 0 Å². The normalized spacial score (nSPS) is 10.0. The van der Waals surface area contributed by atoms with E-state index < -0.39 is 0 Å². The Hall–Kier alpha value is -1.10. The highest BCUT2D eigenvalue weighted by molar-refractivity contribution is 4.97. The molecule has 0 aliphatic rings. The summed E-state index contributed by atoms with van der Waals surface area (Å²) in [5, 5.41) is 22.2. The SMILES string of the molecule is Cc1no[n+]([O-])c1CO. The number of aryl methyl sites for hydroxylation is 1. The van der Waals surface area contributed by atoms with Crippen LogP contribution >= 0.6 is 0 Å². The van der Waals surface area contributed by atoms with E-state index in [0.717, 1.165) is 0 Å². The van der Waals surface area contributed by atoms with Crippen molar-refractivity contribution in [3.8, 4) is 0 Å². The van der Waals surface area contributed by atoms with Gasteiger partial charge in [0.15, 0.2) is 0 Å². The molecule has 0 unspecified atom stereocenters. The molecule has 0 atom stereocenters. The molecule has 0 aromatic carbocycles. The Morgan fingerprint density at radius 3 is 2.78 bits per heavy atom. The molecule has 0 saturated carbocycles. The molecule has 1 rings (SSSR count). The first-order valence-corrected chi connectivity index (χ1v) is 2.41. The molecule has 0 radical (unpaired) electrons. The molecule has 1 heterocycles. The summed E-state index contributed by atoms with van der Waals surface area (Å²) >= 11 is 0. The second-order valence-electron chi connectivity index (χ2n) is 1.62. The second kappa shape index (κ2) is 2.02. The lowest BCUT2D eigenvalue weighted by atomic mass is 10.4. The maximum atomic E-state index is 10.4. The zero-order valence-corrected chi connectivity index (χ0v) is 4.87. The third kappa shape index (κ3) is 0.857. The standard InChI is InChI=1S/C4H6N2O3/c1-3-4(2-7)6(8)9-5-3/h7H,2H2,1H3. The Bertz CT molecular complexity index is 188. The summed E-state index contributed by atoms with van der Waals surface area (Å²) in [4.78, 5) is 0.190. The fourth-order valence-corrected chi connectivity index (χ4v) is 0.505. The van der Waals surface area contributed by atoms with Gasteiger partial charge in [0, 0.05) is 12.1 Å². The summed E-state index contributed by atoms with van der Waals surface area (Å²) in [7, 11) is 0. The van der Waals surface area contributed by atoms with Crippen molar-refractivity contribution in [2.24, 2.45) is 0 Å². The number of nitrogens with zero attached hydrogens (tertiary/aromatic N) is 2. The Morgan fingerprint density at radius 1 is 1.89 bits per heavy atom. The van der Waals surface area contributed by atoms with Crippen LogP contribution in [-0.2, 0) is 6.61 Å². The largest absolute Gasteiger partial charge is 0.388 e. The van der Waals surface area contributed by atoms with Gasteiger partial charge in [0.05, 0.1) is 0 Å². The molecule has 1 aromatic rings. The van der Waals surface area contributed by atoms with Crippen LogP contribution in [0.2, 0.25) is 0 Å². The van der Waals surface area contributed by atoms with Crippen LogP contribution in [0.15, 0.2) is 4.63 Å². The lowest BCUT2D eigenvalue weighted by molar-refractivity contribution is -0.809. The van der Waals surface area contributed by atoms with E-state index in [0.29, 0.717) is 5.69 Å². The van der Waals surface area contributed by atoms with Crippen molar-refractivity contribution in [3.05, 3.63) is 16.6 Å². The average Bonchev–Trinajstić information content (AvgIpc) is 2.12. The quantitative estimate of drug-likeness (QED) is 0.500. The van der Waals surface area contributed by atoms with Crippen LogP contribution < -0.4 is 4.90 Å². The van der Waals surface area contributed by atoms with Crippen molar-refractivity contribution in [1.29, 1.82) is 0 Å². The topological polar surface area (TPSA) is 73.2 Å². The molecule has 0 spiro atoms. The van der Waals surface area contributed by atoms with E-state index in [-0.39, 0.29) is 17.2 Å². The maximum Gasteiger partial charge on any atom is 0.223 e. The molecular formula is C4H6N2O3. The maximum absolute atomic E-state index is 10.4. The Morgan fingerprint density at radius 2 is 2.56 bits per heavy atom. The predicted molar refractivity (Wildman–Crippen MR) is 26.1 cm³/mol. The molecule has 1 aromatic heterocycles. The molecule has 0 amide bonds. The smallest absolute Gasteiger partial charge is 0.223 e. The average molecular weight is 130 g/mol. The van der Waals surface area contributed by atoms with Gasteiger partial charge in [-0.05, 0) is 4.90 Å². The van der Waals surface area contributed by atoms with Crippen molar-refractivity contribution in [3.63, 3.8) is 0 Å². The van der Waals surface area contributed by atoms with E-state index in [1.165, 1.54) is 0 Å². The summed E-state index contributed by atoms with van der Waals surface area (Å²) in [6.45, 7) is 1.25. The van der Waals surface area contributed by atoms with Crippen molar-refractivity contribution < 1.29 is 14.6 Å². The van der Waals surface area contributed by atoms with E-state index in [9.17, 15) is 5.21 Å². The Kier molecular flexibility index (Phi) is 1.35. The van der Waals surface area contributed by atoms with Crippen LogP contribution in [0, 0.1) is 12.1 Å². The summed E-state index contributed by atoms with van der Waals surface area (Å²) in [6, 6.07) is 0. The minimum absolute atomic E-state index is 0.162. The highest BCUT2D eigenvalue weighted by atomic mass is 16.8. The summed E-state index contributed by atoms with van der Waals surface area (Å²) in [6.07, 6.45) is 0. The Balaban J connectivity index is 3.07. The molecule has 5 nitrogen and oxygen atoms in total. The van der Waals surface area contributed by atoms with Gasteiger partial charge in [0.1, 0.15) is 6.61 Å². The van der Waals surface area contributed by atoms with Gasteiger partial charge < -0.3 is 10.3 Å². The van der Waals surface area contributed by atoms with Crippen LogP contribution in [0.3, 0.4) is 0 Å². The zero-order valence-electron chi connectivity index (χ0n) is 4.87. The number of rotatable bonds is 1. The fraction of sp³-hybridized carbons (Fsp3) is 0.500. The number of aliphatic hydroxyl groups excluding tert-OH is 1. The van der Waals surface area contributed by atoms with Crippen LogP contribution in [-0.4, -0.2) is 10.3 Å². The summed E-state index contributed by atoms with van der Waals surface area (Å²) < 4.78 is 4.14. The van der Waals surface area contributed by atoms with Crippen molar-refractivity contribution in [2.45, 2.75) is 13.5 Å². The predicted octanol–water partition coefficient (Wildman–Crippen LogP) is -0.891. The first-order valence-electron chi connectivity index (χ1n) is 2.41. The minimum Gasteiger partial charge on any atom is -0.388 e. The van der Waals surface area contributed by atoms with Crippen molar-refractivity contribution in [1.82, 2.24) is 5.16 Å². The van der Waals surface area contributed by atoms with Gasteiger partial charge in [0.25, 0.3) is 0 Å². The molecule has 0 aliphatic heterocycles. The molecule has 50 valence electrons. The molecule has 0 aliphatic carbocycles. The monoisotopic (exact) mass is 130 g/mol. The molecule has 0 saturated heterocycles. The summed E-state index contributed by atoms with van der Waals surface area (Å²) in [5.41, 5.74) is 0.586. The lowest BCUT2D eigenvalue weighted by Crippen LogP contribution is -2.28. The van der Waals surface area contributed by atoms with E-state index in [1.54, 1.807) is 6.92 Å². The van der Waals surface area contributed by atoms with Crippen molar-refractivity contribution >= 4 is 0 Å². The van der Waals surface area contributed by atoms with Crippen LogP contribution in [0.25, 0.3) is 0 Å². The summed E-state index contributed by atoms with van der Waals surface area (Å²) in [5.74, 6) is 0. The number of hydrogen-bond acceptors (Lipinski definition) is 4. The first kappa shape index (κ1) is 6.03.